The van der Waals surface area contributed by atoms with E-state index in [0.29, 0.717) is 17.6 Å². The van der Waals surface area contributed by atoms with Gasteiger partial charge >= 0.3 is 6.09 Å². The Morgan fingerprint density at radius 1 is 1.23 bits per heavy atom. The fraction of sp³-hybridized carbons (Fsp3) is 0.276. The lowest BCUT2D eigenvalue weighted by Crippen LogP contribution is -2.45. The molecule has 0 spiro atoms. The zero-order valence-corrected chi connectivity index (χ0v) is 22.4. The van der Waals surface area contributed by atoms with Crippen LogP contribution in [0.15, 0.2) is 60.7 Å². The van der Waals surface area contributed by atoms with E-state index in [-0.39, 0.29) is 39.3 Å². The van der Waals surface area contributed by atoms with Crippen LogP contribution in [0.3, 0.4) is 0 Å². The van der Waals surface area contributed by atoms with Gasteiger partial charge in [-0.25, -0.2) is 19.1 Å². The average Bonchev–Trinajstić information content (AvgIpc) is 3.46. The smallest absolute Gasteiger partial charge is 0.414 e. The number of anilines is 2. The van der Waals surface area contributed by atoms with Crippen molar-refractivity contribution in [2.24, 2.45) is 5.92 Å². The van der Waals surface area contributed by atoms with Crippen LogP contribution in [0.4, 0.5) is 20.8 Å². The van der Waals surface area contributed by atoms with E-state index in [4.69, 9.17) is 11.6 Å². The Morgan fingerprint density at radius 3 is 2.80 bits per heavy atom. The first-order valence-electron chi connectivity index (χ1n) is 13.0. The maximum absolute atomic E-state index is 15.2. The SMILES string of the molecule is CN1CCCC(CN(C(=O)O)c2nc3ccc(C4(O)c5ccccc5C(=O)N4c4cccc(Cl)c4F)cc3[nH]2)C1. The summed E-state index contributed by atoms with van der Waals surface area (Å²) in [6.07, 6.45) is 0.805. The molecule has 1 saturated heterocycles. The third-order valence-corrected chi connectivity index (χ3v) is 8.05. The minimum Gasteiger partial charge on any atom is -0.465 e. The molecule has 2 aliphatic heterocycles. The minimum atomic E-state index is -2.07. The van der Waals surface area contributed by atoms with Gasteiger partial charge < -0.3 is 20.1 Å². The fourth-order valence-electron chi connectivity index (χ4n) is 5.87. The van der Waals surface area contributed by atoms with E-state index in [0.717, 1.165) is 30.8 Å². The number of nitrogens with zero attached hydrogens (tertiary/aromatic N) is 4. The summed E-state index contributed by atoms with van der Waals surface area (Å²) in [6.45, 7) is 2.08. The van der Waals surface area contributed by atoms with Gasteiger partial charge in [0.2, 0.25) is 5.95 Å². The molecule has 2 unspecified atom stereocenters. The number of hydrogen-bond acceptors (Lipinski definition) is 5. The van der Waals surface area contributed by atoms with Crippen molar-refractivity contribution in [3.63, 3.8) is 0 Å². The molecule has 40 heavy (non-hydrogen) atoms. The first-order valence-corrected chi connectivity index (χ1v) is 13.4. The Kier molecular flexibility index (Phi) is 6.48. The molecule has 2 atom stereocenters. The van der Waals surface area contributed by atoms with E-state index in [1.807, 2.05) is 7.05 Å². The number of fused-ring (bicyclic) bond motifs is 2. The third kappa shape index (κ3) is 4.19. The van der Waals surface area contributed by atoms with E-state index < -0.39 is 23.5 Å². The molecule has 0 bridgehead atoms. The highest BCUT2D eigenvalue weighted by Gasteiger charge is 2.51. The van der Waals surface area contributed by atoms with Gasteiger partial charge in [0.25, 0.3) is 5.91 Å². The second kappa shape index (κ2) is 9.88. The van der Waals surface area contributed by atoms with Crippen molar-refractivity contribution in [2.75, 3.05) is 36.5 Å². The monoisotopic (exact) mass is 563 g/mol. The summed E-state index contributed by atoms with van der Waals surface area (Å²) in [5, 5.41) is 22.1. The van der Waals surface area contributed by atoms with Crippen LogP contribution < -0.4 is 9.80 Å². The number of benzene rings is 3. The van der Waals surface area contributed by atoms with Gasteiger partial charge in [-0.2, -0.15) is 0 Å². The number of likely N-dealkylation sites (tertiary alicyclic amines) is 1. The molecule has 6 rings (SSSR count). The number of H-pyrrole nitrogens is 1. The molecule has 206 valence electrons. The van der Waals surface area contributed by atoms with Crippen molar-refractivity contribution in [1.29, 1.82) is 0 Å². The average molecular weight is 564 g/mol. The number of aromatic amines is 1. The summed E-state index contributed by atoms with van der Waals surface area (Å²) < 4.78 is 15.2. The lowest BCUT2D eigenvalue weighted by atomic mass is 9.93. The Balaban J connectivity index is 1.43. The van der Waals surface area contributed by atoms with Crippen LogP contribution in [0.1, 0.15) is 34.3 Å². The van der Waals surface area contributed by atoms with Crippen LogP contribution in [-0.4, -0.2) is 63.8 Å². The molecule has 3 N–H and O–H groups in total. The molecule has 3 heterocycles. The van der Waals surface area contributed by atoms with Gasteiger partial charge in [-0.1, -0.05) is 41.9 Å². The molecule has 2 amide bonds. The molecule has 1 aromatic heterocycles. The number of rotatable bonds is 5. The number of hydrogen-bond donors (Lipinski definition) is 3. The Bertz CT molecular complexity index is 1640. The molecule has 0 aliphatic carbocycles. The van der Waals surface area contributed by atoms with Crippen molar-refractivity contribution in [3.05, 3.63) is 88.2 Å². The molecular weight excluding hydrogens is 537 g/mol. The van der Waals surface area contributed by atoms with Crippen molar-refractivity contribution in [3.8, 4) is 0 Å². The molecule has 9 nitrogen and oxygen atoms in total. The zero-order valence-electron chi connectivity index (χ0n) is 21.6. The standard InChI is InChI=1S/C29H27ClFN5O4/c1-34-13-5-6-17(15-34)16-35(28(38)39)27-32-22-12-11-18(14-23(22)33-27)29(40)20-8-3-2-7-19(20)26(37)36(29)24-10-4-9-21(30)25(24)31/h2-4,7-12,14,17,40H,5-6,13,15-16H2,1H3,(H,32,33)(H,38,39). The number of carbonyl (C=O) groups excluding carboxylic acids is 1. The number of carbonyl (C=O) groups is 2. The van der Waals surface area contributed by atoms with Crippen LogP contribution >= 0.6 is 11.6 Å². The number of piperidine rings is 1. The number of nitrogens with one attached hydrogen (secondary N) is 1. The topological polar surface area (TPSA) is 113 Å². The van der Waals surface area contributed by atoms with Crippen LogP contribution in [0.25, 0.3) is 11.0 Å². The second-order valence-corrected chi connectivity index (χ2v) is 10.8. The summed E-state index contributed by atoms with van der Waals surface area (Å²) in [6, 6.07) is 15.6. The highest BCUT2D eigenvalue weighted by molar-refractivity contribution is 6.31. The number of aromatic nitrogens is 2. The quantitative estimate of drug-likeness (QED) is 0.314. The van der Waals surface area contributed by atoms with Crippen LogP contribution in [0, 0.1) is 11.7 Å². The Labute approximate surface area is 234 Å². The normalized spacial score (nSPS) is 21.1. The predicted molar refractivity (Wildman–Crippen MR) is 149 cm³/mol. The lowest BCUT2D eigenvalue weighted by molar-refractivity contribution is 0.0699. The van der Waals surface area contributed by atoms with Crippen molar-refractivity contribution >= 4 is 46.3 Å². The third-order valence-electron chi connectivity index (χ3n) is 7.75. The van der Waals surface area contributed by atoms with E-state index in [2.05, 4.69) is 14.9 Å². The first kappa shape index (κ1) is 26.2. The number of halogens is 2. The van der Waals surface area contributed by atoms with Gasteiger partial charge in [-0.05, 0) is 62.7 Å². The number of carboxylic acid groups (broad SMARTS) is 1. The van der Waals surface area contributed by atoms with Crippen molar-refractivity contribution < 1.29 is 24.2 Å². The largest absolute Gasteiger partial charge is 0.465 e. The highest BCUT2D eigenvalue weighted by atomic mass is 35.5. The summed E-state index contributed by atoms with van der Waals surface area (Å²) in [4.78, 5) is 37.8. The number of imidazole rings is 1. The molecule has 11 heteroatoms. The Hall–Kier alpha value is -3.99. The summed E-state index contributed by atoms with van der Waals surface area (Å²) in [5.74, 6) is -1.08. The predicted octanol–water partition coefficient (Wildman–Crippen LogP) is 5.04. The molecule has 0 saturated carbocycles. The second-order valence-electron chi connectivity index (χ2n) is 10.4. The van der Waals surface area contributed by atoms with E-state index >= 15 is 4.39 Å². The van der Waals surface area contributed by atoms with Crippen molar-refractivity contribution in [2.45, 2.75) is 18.6 Å². The summed E-state index contributed by atoms with van der Waals surface area (Å²) in [7, 11) is 2.02. The highest BCUT2D eigenvalue weighted by Crippen LogP contribution is 2.46. The Morgan fingerprint density at radius 2 is 2.02 bits per heavy atom. The molecule has 3 aromatic carbocycles. The molecule has 2 aliphatic rings. The molecule has 1 fully saturated rings. The number of amides is 2. The molecule has 0 radical (unpaired) electrons. The fourth-order valence-corrected chi connectivity index (χ4v) is 6.04. The maximum atomic E-state index is 15.2. The minimum absolute atomic E-state index is 0.167. The number of aliphatic hydroxyl groups is 1. The van der Waals surface area contributed by atoms with Crippen LogP contribution in [0.2, 0.25) is 5.02 Å². The van der Waals surface area contributed by atoms with Gasteiger partial charge in [0.1, 0.15) is 0 Å². The van der Waals surface area contributed by atoms with Gasteiger partial charge in [0.15, 0.2) is 11.5 Å². The van der Waals surface area contributed by atoms with Gasteiger partial charge in [-0.15, -0.1) is 0 Å². The van der Waals surface area contributed by atoms with Gasteiger partial charge in [0.05, 0.1) is 21.7 Å². The van der Waals surface area contributed by atoms with Gasteiger partial charge in [-0.3, -0.25) is 9.69 Å². The lowest BCUT2D eigenvalue weighted by Gasteiger charge is -2.35. The van der Waals surface area contributed by atoms with Crippen molar-refractivity contribution in [1.82, 2.24) is 14.9 Å². The van der Waals surface area contributed by atoms with E-state index in [1.165, 1.54) is 23.1 Å². The van der Waals surface area contributed by atoms with Crippen LogP contribution in [-0.2, 0) is 5.72 Å². The molecular formula is C29H27ClFN5O4. The maximum Gasteiger partial charge on any atom is 0.414 e. The van der Waals surface area contributed by atoms with Crippen LogP contribution in [0.5, 0.6) is 0 Å². The van der Waals surface area contributed by atoms with E-state index in [9.17, 15) is 19.8 Å². The van der Waals surface area contributed by atoms with Gasteiger partial charge in [0, 0.05) is 29.8 Å². The van der Waals surface area contributed by atoms with E-state index in [1.54, 1.807) is 42.5 Å². The summed E-state index contributed by atoms with van der Waals surface area (Å²) in [5.41, 5.74) is -0.530. The zero-order chi connectivity index (χ0) is 28.2. The first-order chi connectivity index (χ1) is 19.2. The summed E-state index contributed by atoms with van der Waals surface area (Å²) >= 11 is 6.04. The molecule has 4 aromatic rings.